The molecule has 1 heterocycles. The van der Waals surface area contributed by atoms with Crippen molar-refractivity contribution >= 4 is 5.91 Å². The van der Waals surface area contributed by atoms with Crippen LogP contribution in [0.15, 0.2) is 0 Å². The van der Waals surface area contributed by atoms with Gasteiger partial charge in [-0.2, -0.15) is 0 Å². The van der Waals surface area contributed by atoms with Crippen LogP contribution in [0.1, 0.15) is 26.7 Å². The number of nitrogens with two attached hydrogens (primary N) is 1. The molecule has 2 N–H and O–H groups in total. The van der Waals surface area contributed by atoms with Crippen molar-refractivity contribution in [2.75, 3.05) is 6.54 Å². The summed E-state index contributed by atoms with van der Waals surface area (Å²) < 4.78 is 0. The van der Waals surface area contributed by atoms with Crippen LogP contribution in [0, 0.1) is 24.3 Å². The molecule has 16 heavy (non-hydrogen) atoms. The largest absolute Gasteiger partial charge is 0.320 e. The molecule has 4 nitrogen and oxygen atoms in total. The summed E-state index contributed by atoms with van der Waals surface area (Å²) in [7, 11) is 0. The summed E-state index contributed by atoms with van der Waals surface area (Å²) >= 11 is 0. The Morgan fingerprint density at radius 2 is 2.38 bits per heavy atom. The van der Waals surface area contributed by atoms with Gasteiger partial charge in [0.2, 0.25) is 5.91 Å². The Hall–Kier alpha value is -1.08. The van der Waals surface area contributed by atoms with Gasteiger partial charge >= 0.3 is 6.17 Å². The Kier molecular flexibility index (Phi) is 2.90. The third-order valence-corrected chi connectivity index (χ3v) is 4.07. The van der Waals surface area contributed by atoms with Gasteiger partial charge in [0, 0.05) is 6.54 Å². The first-order chi connectivity index (χ1) is 7.60. The summed E-state index contributed by atoms with van der Waals surface area (Å²) in [4.78, 5) is 17.4. The lowest BCUT2D eigenvalue weighted by molar-refractivity contribution is -0.134. The lowest BCUT2D eigenvalue weighted by atomic mass is 9.99. The summed E-state index contributed by atoms with van der Waals surface area (Å²) in [6.07, 6.45) is 1.79. The molecule has 1 aliphatic carbocycles. The second-order valence-electron chi connectivity index (χ2n) is 5.10. The maximum Gasteiger partial charge on any atom is 0.303 e. The molecule has 2 aliphatic rings. The van der Waals surface area contributed by atoms with Crippen LogP contribution in [-0.4, -0.2) is 29.6 Å². The van der Waals surface area contributed by atoms with Crippen molar-refractivity contribution in [3.63, 3.8) is 0 Å². The normalized spacial score (nSPS) is 35.1. The molecule has 1 aliphatic heterocycles. The van der Waals surface area contributed by atoms with Crippen LogP contribution >= 0.6 is 0 Å². The van der Waals surface area contributed by atoms with Gasteiger partial charge in [0.05, 0.1) is 12.0 Å². The van der Waals surface area contributed by atoms with E-state index in [-0.39, 0.29) is 18.0 Å². The van der Waals surface area contributed by atoms with Crippen molar-refractivity contribution < 1.29 is 4.79 Å². The molecule has 2 rings (SSSR count). The van der Waals surface area contributed by atoms with E-state index in [9.17, 15) is 4.79 Å². The van der Waals surface area contributed by atoms with Gasteiger partial charge in [-0.1, -0.05) is 20.3 Å². The molecular formula is C12H19N3O. The molecule has 0 spiro atoms. The molecule has 0 aromatic heterocycles. The Morgan fingerprint density at radius 3 is 2.94 bits per heavy atom. The molecule has 0 bridgehead atoms. The maximum atomic E-state index is 12.1. The Morgan fingerprint density at radius 1 is 1.69 bits per heavy atom. The zero-order valence-corrected chi connectivity index (χ0v) is 9.89. The smallest absolute Gasteiger partial charge is 0.303 e. The van der Waals surface area contributed by atoms with Gasteiger partial charge in [-0.3, -0.25) is 14.5 Å². The molecule has 1 saturated heterocycles. The fraction of sp³-hybridized carbons (Fsp3) is 0.833. The van der Waals surface area contributed by atoms with Crippen molar-refractivity contribution in [3.8, 4) is 0 Å². The second kappa shape index (κ2) is 4.06. The van der Waals surface area contributed by atoms with Gasteiger partial charge in [-0.25, -0.2) is 6.57 Å². The molecule has 1 saturated carbocycles. The van der Waals surface area contributed by atoms with E-state index < -0.39 is 6.04 Å². The quantitative estimate of drug-likeness (QED) is 0.725. The van der Waals surface area contributed by atoms with E-state index in [1.165, 1.54) is 0 Å². The van der Waals surface area contributed by atoms with Crippen molar-refractivity contribution in [1.29, 1.82) is 0 Å². The van der Waals surface area contributed by atoms with Gasteiger partial charge in [0.25, 0.3) is 0 Å². The lowest BCUT2D eigenvalue weighted by Gasteiger charge is -2.25. The van der Waals surface area contributed by atoms with Crippen molar-refractivity contribution in [3.05, 3.63) is 11.4 Å². The first-order valence-electron chi connectivity index (χ1n) is 6.02. The number of hydrogen-bond acceptors (Lipinski definition) is 2. The molecule has 0 radical (unpaired) electrons. The van der Waals surface area contributed by atoms with Crippen molar-refractivity contribution in [2.24, 2.45) is 23.5 Å². The average molecular weight is 221 g/mol. The van der Waals surface area contributed by atoms with E-state index >= 15 is 0 Å². The molecule has 1 amide bonds. The molecule has 3 unspecified atom stereocenters. The van der Waals surface area contributed by atoms with E-state index in [2.05, 4.69) is 4.85 Å². The SMILES string of the molecule is [C-]#[N+]C1C2C[C@@H]2CN1C(=O)[C@@H](N)C(C)CC. The minimum atomic E-state index is -0.438. The summed E-state index contributed by atoms with van der Waals surface area (Å²) in [6.45, 7) is 11.9. The average Bonchev–Trinajstić information content (AvgIpc) is 2.98. The van der Waals surface area contributed by atoms with Crippen LogP contribution in [0.3, 0.4) is 0 Å². The molecule has 0 aromatic rings. The number of hydrogen-bond donors (Lipinski definition) is 1. The summed E-state index contributed by atoms with van der Waals surface area (Å²) in [5.74, 6) is 1.18. The highest BCUT2D eigenvalue weighted by Crippen LogP contribution is 2.50. The fourth-order valence-corrected chi connectivity index (χ4v) is 2.51. The van der Waals surface area contributed by atoms with Crippen LogP contribution in [0.25, 0.3) is 4.85 Å². The highest BCUT2D eigenvalue weighted by molar-refractivity contribution is 5.83. The highest BCUT2D eigenvalue weighted by atomic mass is 16.2. The van der Waals surface area contributed by atoms with Crippen LogP contribution < -0.4 is 5.73 Å². The first kappa shape index (κ1) is 11.4. The third-order valence-electron chi connectivity index (χ3n) is 4.07. The maximum absolute atomic E-state index is 12.1. The van der Waals surface area contributed by atoms with E-state index in [1.807, 2.05) is 13.8 Å². The van der Waals surface area contributed by atoms with Crippen molar-refractivity contribution in [1.82, 2.24) is 4.90 Å². The Bertz CT molecular complexity index is 336. The summed E-state index contributed by atoms with van der Waals surface area (Å²) in [6, 6.07) is -0.438. The lowest BCUT2D eigenvalue weighted by Crippen LogP contribution is -2.49. The number of rotatable bonds is 3. The predicted molar refractivity (Wildman–Crippen MR) is 61.1 cm³/mol. The van der Waals surface area contributed by atoms with Crippen LogP contribution in [0.2, 0.25) is 0 Å². The van der Waals surface area contributed by atoms with E-state index in [1.54, 1.807) is 4.90 Å². The topological polar surface area (TPSA) is 50.7 Å². The predicted octanol–water partition coefficient (Wildman–Crippen LogP) is 1.08. The van der Waals surface area contributed by atoms with Crippen LogP contribution in [0.5, 0.6) is 0 Å². The van der Waals surface area contributed by atoms with Gasteiger partial charge in [0.1, 0.15) is 0 Å². The highest BCUT2D eigenvalue weighted by Gasteiger charge is 2.59. The number of amides is 1. The van der Waals surface area contributed by atoms with Gasteiger partial charge in [-0.15, -0.1) is 0 Å². The summed E-state index contributed by atoms with van der Waals surface area (Å²) in [5, 5.41) is 0. The van der Waals surface area contributed by atoms with Gasteiger partial charge < -0.3 is 5.73 Å². The second-order valence-corrected chi connectivity index (χ2v) is 5.10. The van der Waals surface area contributed by atoms with Gasteiger partial charge in [-0.05, 0) is 18.3 Å². The molecular weight excluding hydrogens is 202 g/mol. The van der Waals surface area contributed by atoms with Crippen LogP contribution in [0.4, 0.5) is 0 Å². The Labute approximate surface area is 96.6 Å². The monoisotopic (exact) mass is 221 g/mol. The minimum absolute atomic E-state index is 0.0254. The molecule has 88 valence electrons. The van der Waals surface area contributed by atoms with Crippen LogP contribution in [-0.2, 0) is 4.79 Å². The number of piperidine rings is 1. The zero-order valence-electron chi connectivity index (χ0n) is 9.89. The standard InChI is InChI=1S/C12H19N3O/c1-4-7(2)10(13)12(16)15-6-8-5-9(8)11(15)14-3/h7-11H,4-6,13H2,1-2H3/t7?,8-,9?,10+,11?/m1/s1. The van der Waals surface area contributed by atoms with Gasteiger partial charge in [0.15, 0.2) is 0 Å². The molecule has 0 aromatic carbocycles. The van der Waals surface area contributed by atoms with E-state index in [0.29, 0.717) is 11.8 Å². The van der Waals surface area contributed by atoms with E-state index in [0.717, 1.165) is 19.4 Å². The number of nitrogens with zero attached hydrogens (tertiary/aromatic N) is 2. The zero-order chi connectivity index (χ0) is 11.9. The third kappa shape index (κ3) is 1.69. The first-order valence-corrected chi connectivity index (χ1v) is 6.02. The molecule has 2 fully saturated rings. The summed E-state index contributed by atoms with van der Waals surface area (Å²) in [5.41, 5.74) is 5.93. The number of likely N-dealkylation sites (tertiary alicyclic amines) is 1. The number of fused-ring (bicyclic) bond motifs is 1. The minimum Gasteiger partial charge on any atom is -0.320 e. The Balaban J connectivity index is 2.03. The van der Waals surface area contributed by atoms with E-state index in [4.69, 9.17) is 12.3 Å². The number of carbonyl (C=O) groups is 1. The molecule has 4 heteroatoms. The molecule has 5 atom stereocenters. The number of carbonyl (C=O) groups excluding carboxylic acids is 1. The van der Waals surface area contributed by atoms with Crippen molar-refractivity contribution in [2.45, 2.75) is 38.9 Å². The fourth-order valence-electron chi connectivity index (χ4n) is 2.51.